The fourth-order valence-corrected chi connectivity index (χ4v) is 4.04. The molecule has 2 aromatic rings. The largest absolute Gasteiger partial charge is 0.338 e. The molecule has 7 heteroatoms. The van der Waals surface area contributed by atoms with Crippen LogP contribution in [0.15, 0.2) is 47.4 Å². The van der Waals surface area contributed by atoms with Gasteiger partial charge in [-0.05, 0) is 61.9 Å². The van der Waals surface area contributed by atoms with Gasteiger partial charge in [0.15, 0.2) is 0 Å². The molecule has 0 saturated carbocycles. The van der Waals surface area contributed by atoms with E-state index in [9.17, 15) is 13.6 Å². The molecule has 3 rings (SSSR count). The smallest absolute Gasteiger partial charge is 0.319 e. The molecule has 1 aliphatic rings. The first-order chi connectivity index (χ1) is 13.6. The number of urea groups is 1. The Morgan fingerprint density at radius 3 is 2.46 bits per heavy atom. The van der Waals surface area contributed by atoms with Crippen molar-refractivity contribution in [3.8, 4) is 0 Å². The number of para-hydroxylation sites is 1. The maximum atomic E-state index is 13.6. The third kappa shape index (κ3) is 5.45. The van der Waals surface area contributed by atoms with Crippen molar-refractivity contribution in [2.45, 2.75) is 24.3 Å². The Morgan fingerprint density at radius 2 is 1.79 bits per heavy atom. The molecule has 0 atom stereocenters. The number of carbonyl (C=O) groups excluding carboxylic acids is 1. The fourth-order valence-electron chi connectivity index (χ4n) is 3.44. The molecule has 2 amide bonds. The predicted octanol–water partition coefficient (Wildman–Crippen LogP) is 4.72. The van der Waals surface area contributed by atoms with E-state index in [1.165, 1.54) is 16.5 Å². The van der Waals surface area contributed by atoms with E-state index in [0.29, 0.717) is 12.5 Å². The molecule has 0 unspecified atom stereocenters. The lowest BCUT2D eigenvalue weighted by atomic mass is 9.96. The Kier molecular flexibility index (Phi) is 7.28. The number of halogens is 2. The van der Waals surface area contributed by atoms with Gasteiger partial charge in [0.2, 0.25) is 0 Å². The van der Waals surface area contributed by atoms with Crippen molar-refractivity contribution in [3.05, 3.63) is 59.7 Å². The number of hydrogen-bond acceptors (Lipinski definition) is 3. The summed E-state index contributed by atoms with van der Waals surface area (Å²) in [7, 11) is 0. The molecule has 2 N–H and O–H groups in total. The highest BCUT2D eigenvalue weighted by Crippen LogP contribution is 2.24. The van der Waals surface area contributed by atoms with Crippen LogP contribution in [-0.4, -0.2) is 36.8 Å². The van der Waals surface area contributed by atoms with Gasteiger partial charge in [-0.2, -0.15) is 0 Å². The number of rotatable bonds is 6. The molecule has 0 aromatic heterocycles. The number of piperidine rings is 1. The molecular weight excluding hydrogens is 380 g/mol. The number of benzene rings is 2. The van der Waals surface area contributed by atoms with Gasteiger partial charge in [-0.15, -0.1) is 11.8 Å². The summed E-state index contributed by atoms with van der Waals surface area (Å²) in [5.41, 5.74) is 0.931. The van der Waals surface area contributed by atoms with E-state index >= 15 is 0 Å². The summed E-state index contributed by atoms with van der Waals surface area (Å²) in [4.78, 5) is 15.7. The van der Waals surface area contributed by atoms with E-state index in [1.54, 1.807) is 11.8 Å². The number of likely N-dealkylation sites (tertiary alicyclic amines) is 1. The van der Waals surface area contributed by atoms with E-state index in [-0.39, 0.29) is 0 Å². The van der Waals surface area contributed by atoms with Gasteiger partial charge >= 0.3 is 6.03 Å². The number of anilines is 1. The van der Waals surface area contributed by atoms with Crippen LogP contribution < -0.4 is 10.6 Å². The van der Waals surface area contributed by atoms with Gasteiger partial charge in [-0.3, -0.25) is 4.90 Å². The lowest BCUT2D eigenvalue weighted by Crippen LogP contribution is -2.39. The quantitative estimate of drug-likeness (QED) is 0.684. The zero-order valence-electron chi connectivity index (χ0n) is 15.9. The van der Waals surface area contributed by atoms with Crippen molar-refractivity contribution in [2.24, 2.45) is 5.92 Å². The third-order valence-electron chi connectivity index (χ3n) is 5.05. The molecule has 2 aromatic carbocycles. The third-order valence-corrected chi connectivity index (χ3v) is 5.88. The standard InChI is InChI=1S/C21H25F2N3OS/c1-28-19-8-3-2-5-16(19)14-26-11-9-15(10-12-26)13-24-21(27)25-20-17(22)6-4-7-18(20)23/h2-8,15H,9-14H2,1H3,(H2,24,25,27). The fraction of sp³-hybridized carbons (Fsp3) is 0.381. The van der Waals surface area contributed by atoms with Crippen LogP contribution in [0.1, 0.15) is 18.4 Å². The van der Waals surface area contributed by atoms with Crippen LogP contribution in [0.4, 0.5) is 19.3 Å². The summed E-state index contributed by atoms with van der Waals surface area (Å²) in [6, 6.07) is 11.4. The van der Waals surface area contributed by atoms with Gasteiger partial charge < -0.3 is 10.6 Å². The van der Waals surface area contributed by atoms with Crippen molar-refractivity contribution in [3.63, 3.8) is 0 Å². The predicted molar refractivity (Wildman–Crippen MR) is 110 cm³/mol. The second kappa shape index (κ2) is 9.89. The van der Waals surface area contributed by atoms with Crippen LogP contribution >= 0.6 is 11.8 Å². The number of nitrogens with zero attached hydrogens (tertiary/aromatic N) is 1. The average Bonchev–Trinajstić information content (AvgIpc) is 2.71. The van der Waals surface area contributed by atoms with Gasteiger partial charge in [0.05, 0.1) is 0 Å². The average molecular weight is 406 g/mol. The monoisotopic (exact) mass is 405 g/mol. The molecule has 1 fully saturated rings. The minimum absolute atomic E-state index is 0.364. The Bertz CT molecular complexity index is 790. The van der Waals surface area contributed by atoms with Crippen LogP contribution in [0.2, 0.25) is 0 Å². The van der Waals surface area contributed by atoms with Gasteiger partial charge in [-0.25, -0.2) is 13.6 Å². The first-order valence-electron chi connectivity index (χ1n) is 9.40. The van der Waals surface area contributed by atoms with Gasteiger partial charge in [-0.1, -0.05) is 24.3 Å². The SMILES string of the molecule is CSc1ccccc1CN1CCC(CNC(=O)Nc2c(F)cccc2F)CC1. The van der Waals surface area contributed by atoms with Crippen LogP contribution in [-0.2, 0) is 6.54 Å². The van der Waals surface area contributed by atoms with E-state index in [1.807, 2.05) is 0 Å². The molecule has 4 nitrogen and oxygen atoms in total. The normalized spacial score (nSPS) is 15.4. The molecule has 0 spiro atoms. The van der Waals surface area contributed by atoms with Crippen molar-refractivity contribution in [1.29, 1.82) is 0 Å². The van der Waals surface area contributed by atoms with Crippen LogP contribution in [0.25, 0.3) is 0 Å². The minimum atomic E-state index is -0.783. The number of thioether (sulfide) groups is 1. The van der Waals surface area contributed by atoms with Gasteiger partial charge in [0.25, 0.3) is 0 Å². The minimum Gasteiger partial charge on any atom is -0.338 e. The lowest BCUT2D eigenvalue weighted by Gasteiger charge is -2.32. The molecular formula is C21H25F2N3OS. The summed E-state index contributed by atoms with van der Waals surface area (Å²) < 4.78 is 27.2. The molecule has 28 heavy (non-hydrogen) atoms. The zero-order chi connectivity index (χ0) is 19.9. The summed E-state index contributed by atoms with van der Waals surface area (Å²) in [5, 5.41) is 4.99. The first-order valence-corrected chi connectivity index (χ1v) is 10.6. The molecule has 0 aliphatic carbocycles. The van der Waals surface area contributed by atoms with Gasteiger partial charge in [0, 0.05) is 18.0 Å². The van der Waals surface area contributed by atoms with Crippen molar-refractivity contribution in [1.82, 2.24) is 10.2 Å². The molecule has 1 aliphatic heterocycles. The molecule has 0 bridgehead atoms. The van der Waals surface area contributed by atoms with E-state index in [4.69, 9.17) is 0 Å². The second-order valence-corrected chi connectivity index (χ2v) is 7.81. The van der Waals surface area contributed by atoms with Crippen molar-refractivity contribution < 1.29 is 13.6 Å². The van der Waals surface area contributed by atoms with E-state index < -0.39 is 23.4 Å². The van der Waals surface area contributed by atoms with E-state index in [0.717, 1.165) is 44.6 Å². The van der Waals surface area contributed by atoms with Crippen LogP contribution in [0, 0.1) is 17.6 Å². The number of amides is 2. The number of nitrogens with one attached hydrogen (secondary N) is 2. The second-order valence-electron chi connectivity index (χ2n) is 6.96. The van der Waals surface area contributed by atoms with Gasteiger partial charge in [0.1, 0.15) is 17.3 Å². The first kappa shape index (κ1) is 20.6. The molecule has 1 saturated heterocycles. The Balaban J connectivity index is 1.42. The lowest BCUT2D eigenvalue weighted by molar-refractivity contribution is 0.175. The maximum absolute atomic E-state index is 13.6. The summed E-state index contributed by atoms with van der Waals surface area (Å²) in [6.45, 7) is 3.37. The van der Waals surface area contributed by atoms with Crippen LogP contribution in [0.5, 0.6) is 0 Å². The van der Waals surface area contributed by atoms with Crippen molar-refractivity contribution >= 4 is 23.5 Å². The number of carbonyl (C=O) groups is 1. The highest BCUT2D eigenvalue weighted by atomic mass is 32.2. The molecule has 0 radical (unpaired) electrons. The highest BCUT2D eigenvalue weighted by molar-refractivity contribution is 7.98. The number of hydrogen-bond donors (Lipinski definition) is 2. The van der Waals surface area contributed by atoms with Crippen LogP contribution in [0.3, 0.4) is 0 Å². The maximum Gasteiger partial charge on any atom is 0.319 e. The highest BCUT2D eigenvalue weighted by Gasteiger charge is 2.21. The Hall–Kier alpha value is -2.12. The topological polar surface area (TPSA) is 44.4 Å². The summed E-state index contributed by atoms with van der Waals surface area (Å²) in [5.74, 6) is -1.20. The molecule has 150 valence electrons. The van der Waals surface area contributed by atoms with E-state index in [2.05, 4.69) is 46.1 Å². The zero-order valence-corrected chi connectivity index (χ0v) is 16.7. The molecule has 1 heterocycles. The Morgan fingerprint density at radius 1 is 1.11 bits per heavy atom. The summed E-state index contributed by atoms with van der Waals surface area (Å²) in [6.07, 6.45) is 4.06. The Labute approximate surface area is 168 Å². The van der Waals surface area contributed by atoms with Crippen molar-refractivity contribution in [2.75, 3.05) is 31.2 Å². The summed E-state index contributed by atoms with van der Waals surface area (Å²) >= 11 is 1.76.